The predicted molar refractivity (Wildman–Crippen MR) is 146 cm³/mol. The molecule has 2 N–H and O–H groups in total. The number of benzene rings is 3. The van der Waals surface area contributed by atoms with Crippen LogP contribution in [0.3, 0.4) is 0 Å². The SMILES string of the molecule is O=C(Nc1ncc(Cc2cccc(Br)c2)s1)c1ccc(NS(=O)(=O)c2ccc3c(c2)OCCCO3)cc1. The number of carbonyl (C=O) groups is 1. The number of sulfonamides is 1. The summed E-state index contributed by atoms with van der Waals surface area (Å²) in [4.78, 5) is 18.1. The van der Waals surface area contributed by atoms with Crippen LogP contribution in [-0.4, -0.2) is 32.5 Å². The van der Waals surface area contributed by atoms with E-state index in [1.807, 2.05) is 24.3 Å². The molecule has 0 fully saturated rings. The number of ether oxygens (including phenoxy) is 2. The lowest BCUT2D eigenvalue weighted by atomic mass is 10.1. The number of anilines is 2. The number of nitrogens with zero attached hydrogens (tertiary/aromatic N) is 1. The van der Waals surface area contributed by atoms with Crippen LogP contribution in [0.1, 0.15) is 27.2 Å². The molecule has 1 amide bonds. The molecule has 37 heavy (non-hydrogen) atoms. The Hall–Kier alpha value is -3.41. The molecule has 8 nitrogen and oxygen atoms in total. The summed E-state index contributed by atoms with van der Waals surface area (Å²) >= 11 is 4.88. The standard InChI is InChI=1S/C26H22BrN3O5S2/c27-19-4-1-3-17(13-19)14-21-16-28-26(36-21)29-25(31)18-5-7-20(8-6-18)30-37(32,33)22-9-10-23-24(15-22)35-12-2-11-34-23/h1,3-10,13,15-16,30H,2,11-12,14H2,(H,28,29,31). The van der Waals surface area contributed by atoms with Gasteiger partial charge in [-0.25, -0.2) is 13.4 Å². The highest BCUT2D eigenvalue weighted by Gasteiger charge is 2.19. The summed E-state index contributed by atoms with van der Waals surface area (Å²) in [6, 6.07) is 18.7. The van der Waals surface area contributed by atoms with Gasteiger partial charge in [0, 0.05) is 45.7 Å². The van der Waals surface area contributed by atoms with Gasteiger partial charge < -0.3 is 9.47 Å². The third kappa shape index (κ3) is 6.30. The van der Waals surface area contributed by atoms with Gasteiger partial charge in [-0.1, -0.05) is 28.1 Å². The molecule has 1 aliphatic heterocycles. The molecule has 0 spiro atoms. The number of rotatable bonds is 7. The second-order valence-corrected chi connectivity index (χ2v) is 11.9. The maximum atomic E-state index is 12.9. The second-order valence-electron chi connectivity index (χ2n) is 8.23. The number of amides is 1. The lowest BCUT2D eigenvalue weighted by Crippen LogP contribution is -2.14. The summed E-state index contributed by atoms with van der Waals surface area (Å²) in [5, 5.41) is 3.29. The van der Waals surface area contributed by atoms with E-state index in [2.05, 4.69) is 31.0 Å². The zero-order chi connectivity index (χ0) is 25.8. The summed E-state index contributed by atoms with van der Waals surface area (Å²) in [5.74, 6) is 0.586. The Morgan fingerprint density at radius 3 is 2.57 bits per heavy atom. The van der Waals surface area contributed by atoms with E-state index in [4.69, 9.17) is 9.47 Å². The molecule has 2 heterocycles. The lowest BCUT2D eigenvalue weighted by Gasteiger charge is -2.12. The van der Waals surface area contributed by atoms with Crippen molar-refractivity contribution in [2.45, 2.75) is 17.7 Å². The van der Waals surface area contributed by atoms with Crippen LogP contribution >= 0.6 is 27.3 Å². The minimum Gasteiger partial charge on any atom is -0.490 e. The normalized spacial score (nSPS) is 13.0. The third-order valence-electron chi connectivity index (χ3n) is 5.47. The van der Waals surface area contributed by atoms with Crippen LogP contribution in [0, 0.1) is 0 Å². The van der Waals surface area contributed by atoms with Gasteiger partial charge in [-0.2, -0.15) is 0 Å². The molecule has 0 aliphatic carbocycles. The number of thiazole rings is 1. The van der Waals surface area contributed by atoms with Crippen molar-refractivity contribution in [3.05, 3.63) is 93.4 Å². The Labute approximate surface area is 226 Å². The van der Waals surface area contributed by atoms with Crippen LogP contribution in [0.4, 0.5) is 10.8 Å². The van der Waals surface area contributed by atoms with Gasteiger partial charge >= 0.3 is 0 Å². The Morgan fingerprint density at radius 2 is 1.78 bits per heavy atom. The van der Waals surface area contributed by atoms with E-state index in [9.17, 15) is 13.2 Å². The molecule has 0 unspecified atom stereocenters. The van der Waals surface area contributed by atoms with Crippen molar-refractivity contribution >= 4 is 54.0 Å². The van der Waals surface area contributed by atoms with Crippen LogP contribution in [0.15, 0.2) is 82.3 Å². The summed E-state index contributed by atoms with van der Waals surface area (Å²) in [5.41, 5.74) is 1.84. The van der Waals surface area contributed by atoms with Crippen LogP contribution in [-0.2, 0) is 16.4 Å². The highest BCUT2D eigenvalue weighted by atomic mass is 79.9. The Kier molecular flexibility index (Phi) is 7.45. The lowest BCUT2D eigenvalue weighted by molar-refractivity contribution is 0.102. The molecule has 1 aromatic heterocycles. The zero-order valence-corrected chi connectivity index (χ0v) is 22.7. The molecular formula is C26H22BrN3O5S2. The average molecular weight is 601 g/mol. The Balaban J connectivity index is 1.22. The van der Waals surface area contributed by atoms with Gasteiger partial charge in [0.25, 0.3) is 15.9 Å². The zero-order valence-electron chi connectivity index (χ0n) is 19.4. The molecule has 0 radical (unpaired) electrons. The highest BCUT2D eigenvalue weighted by molar-refractivity contribution is 9.10. The molecule has 0 atom stereocenters. The van der Waals surface area contributed by atoms with Gasteiger partial charge in [0.2, 0.25) is 0 Å². The van der Waals surface area contributed by atoms with Gasteiger partial charge in [-0.05, 0) is 54.1 Å². The fourth-order valence-electron chi connectivity index (χ4n) is 3.68. The number of fused-ring (bicyclic) bond motifs is 1. The number of hydrogen-bond acceptors (Lipinski definition) is 7. The molecule has 3 aromatic carbocycles. The molecular weight excluding hydrogens is 578 g/mol. The van der Waals surface area contributed by atoms with E-state index in [1.165, 1.54) is 35.6 Å². The van der Waals surface area contributed by atoms with E-state index in [-0.39, 0.29) is 10.8 Å². The van der Waals surface area contributed by atoms with Crippen molar-refractivity contribution in [1.82, 2.24) is 4.98 Å². The van der Waals surface area contributed by atoms with Crippen LogP contribution in [0.25, 0.3) is 0 Å². The molecule has 0 bridgehead atoms. The Bertz CT molecular complexity index is 1540. The maximum absolute atomic E-state index is 12.9. The monoisotopic (exact) mass is 599 g/mol. The van der Waals surface area contributed by atoms with Gasteiger partial charge in [0.05, 0.1) is 18.1 Å². The van der Waals surface area contributed by atoms with Crippen LogP contribution < -0.4 is 19.5 Å². The summed E-state index contributed by atoms with van der Waals surface area (Å²) in [7, 11) is -3.86. The van der Waals surface area contributed by atoms with E-state index in [1.54, 1.807) is 24.4 Å². The number of halogens is 1. The van der Waals surface area contributed by atoms with Crippen molar-refractivity contribution in [1.29, 1.82) is 0 Å². The first-order valence-corrected chi connectivity index (χ1v) is 14.5. The molecule has 0 saturated carbocycles. The van der Waals surface area contributed by atoms with Crippen molar-refractivity contribution in [2.24, 2.45) is 0 Å². The van der Waals surface area contributed by atoms with E-state index < -0.39 is 10.0 Å². The fraction of sp³-hybridized carbons (Fsp3) is 0.154. The van der Waals surface area contributed by atoms with Gasteiger partial charge in [0.1, 0.15) is 0 Å². The molecule has 0 saturated heterocycles. The van der Waals surface area contributed by atoms with Crippen molar-refractivity contribution in [3.8, 4) is 11.5 Å². The molecule has 190 valence electrons. The minimum absolute atomic E-state index is 0.0565. The van der Waals surface area contributed by atoms with E-state index in [0.717, 1.165) is 21.3 Å². The van der Waals surface area contributed by atoms with E-state index >= 15 is 0 Å². The smallest absolute Gasteiger partial charge is 0.262 e. The van der Waals surface area contributed by atoms with Gasteiger partial charge in [-0.15, -0.1) is 11.3 Å². The van der Waals surface area contributed by atoms with Crippen molar-refractivity contribution in [3.63, 3.8) is 0 Å². The van der Waals surface area contributed by atoms with Gasteiger partial charge in [0.15, 0.2) is 16.6 Å². The average Bonchev–Trinajstić information content (AvgIpc) is 3.16. The maximum Gasteiger partial charge on any atom is 0.262 e. The minimum atomic E-state index is -3.86. The second kappa shape index (κ2) is 10.9. The topological polar surface area (TPSA) is 107 Å². The molecule has 4 aromatic rings. The Morgan fingerprint density at radius 1 is 1.00 bits per heavy atom. The number of aromatic nitrogens is 1. The largest absolute Gasteiger partial charge is 0.490 e. The van der Waals surface area contributed by atoms with E-state index in [0.29, 0.717) is 47.5 Å². The first kappa shape index (κ1) is 25.2. The molecule has 11 heteroatoms. The molecule has 1 aliphatic rings. The highest BCUT2D eigenvalue weighted by Crippen LogP contribution is 2.32. The van der Waals surface area contributed by atoms with Crippen LogP contribution in [0.2, 0.25) is 0 Å². The number of hydrogen-bond donors (Lipinski definition) is 2. The first-order valence-electron chi connectivity index (χ1n) is 11.4. The van der Waals surface area contributed by atoms with Gasteiger partial charge in [-0.3, -0.25) is 14.8 Å². The summed E-state index contributed by atoms with van der Waals surface area (Å²) in [6.45, 7) is 0.980. The third-order valence-corrected chi connectivity index (χ3v) is 8.25. The first-order chi connectivity index (χ1) is 17.9. The summed E-state index contributed by atoms with van der Waals surface area (Å²) in [6.07, 6.45) is 3.19. The molecule has 5 rings (SSSR count). The quantitative estimate of drug-likeness (QED) is 0.282. The fourth-order valence-corrected chi connectivity index (χ4v) is 6.04. The summed E-state index contributed by atoms with van der Waals surface area (Å²) < 4.78 is 40.5. The number of nitrogens with one attached hydrogen (secondary N) is 2. The predicted octanol–water partition coefficient (Wildman–Crippen LogP) is 5.71. The van der Waals surface area contributed by atoms with Crippen molar-refractivity contribution in [2.75, 3.05) is 23.3 Å². The van der Waals surface area contributed by atoms with Crippen molar-refractivity contribution < 1.29 is 22.7 Å². The van der Waals surface area contributed by atoms with Crippen LogP contribution in [0.5, 0.6) is 11.5 Å². The number of carbonyl (C=O) groups excluding carboxylic acids is 1.